The van der Waals surface area contributed by atoms with Gasteiger partial charge in [-0.25, -0.2) is 13.2 Å². The molecule has 4 rings (SSSR count). The highest BCUT2D eigenvalue weighted by Crippen LogP contribution is 2.30. The monoisotopic (exact) mass is 507 g/mol. The van der Waals surface area contributed by atoms with Gasteiger partial charge in [-0.3, -0.25) is 9.36 Å². The molecule has 0 aliphatic carbocycles. The second-order valence-corrected chi connectivity index (χ2v) is 10.5. The minimum atomic E-state index is -4.06. The number of aryl methyl sites for hydroxylation is 1. The summed E-state index contributed by atoms with van der Waals surface area (Å²) in [5, 5.41) is 2.76. The van der Waals surface area contributed by atoms with Crippen molar-refractivity contribution in [3.8, 4) is 11.5 Å². The first-order chi connectivity index (χ1) is 16.3. The Bertz CT molecular complexity index is 1350. The van der Waals surface area contributed by atoms with Gasteiger partial charge < -0.3 is 19.2 Å². The number of hydrogen-bond donors (Lipinski definition) is 2. The van der Waals surface area contributed by atoms with E-state index >= 15 is 0 Å². The number of nitrogens with zero attached hydrogens (tertiary/aromatic N) is 1. The Balaban J connectivity index is 1.44. The number of aromatic nitrogens is 1. The number of carbonyl (C=O) groups excluding carboxylic acids is 1. The molecule has 2 atom stereocenters. The van der Waals surface area contributed by atoms with Crippen molar-refractivity contribution >= 4 is 38.8 Å². The van der Waals surface area contributed by atoms with E-state index in [-0.39, 0.29) is 23.6 Å². The quantitative estimate of drug-likeness (QED) is 0.446. The van der Waals surface area contributed by atoms with Crippen molar-refractivity contribution < 1.29 is 27.1 Å². The molecule has 2 heterocycles. The van der Waals surface area contributed by atoms with E-state index in [9.17, 15) is 18.0 Å². The van der Waals surface area contributed by atoms with Gasteiger partial charge in [0.05, 0.1) is 17.0 Å². The number of fused-ring (bicyclic) bond motifs is 2. The molecular weight excluding hydrogens is 482 g/mol. The summed E-state index contributed by atoms with van der Waals surface area (Å²) < 4.78 is 46.4. The maximum absolute atomic E-state index is 13.0. The van der Waals surface area contributed by atoms with Crippen molar-refractivity contribution in [2.75, 3.05) is 25.2 Å². The fourth-order valence-electron chi connectivity index (χ4n) is 3.52. The van der Waals surface area contributed by atoms with Crippen LogP contribution in [0.1, 0.15) is 6.42 Å². The minimum absolute atomic E-state index is 0.100. The Morgan fingerprint density at radius 2 is 2.00 bits per heavy atom. The number of amides is 1. The first kappa shape index (κ1) is 24.2. The molecule has 0 spiro atoms. The maximum Gasteiger partial charge on any atom is 0.419 e. The predicted octanol–water partition coefficient (Wildman–Crippen LogP) is 1.49. The van der Waals surface area contributed by atoms with Crippen molar-refractivity contribution in [2.24, 2.45) is 7.05 Å². The molecule has 0 unspecified atom stereocenters. The van der Waals surface area contributed by atoms with Gasteiger partial charge in [-0.1, -0.05) is 12.1 Å². The summed E-state index contributed by atoms with van der Waals surface area (Å²) in [5.41, 5.74) is 0.618. The molecule has 1 aliphatic heterocycles. The molecule has 12 heteroatoms. The summed E-state index contributed by atoms with van der Waals surface area (Å²) >= 11 is 1.50. The van der Waals surface area contributed by atoms with Gasteiger partial charge in [0.1, 0.15) is 18.8 Å². The molecular formula is C22H25N3O7S2. The van der Waals surface area contributed by atoms with Gasteiger partial charge >= 0.3 is 5.76 Å². The summed E-state index contributed by atoms with van der Waals surface area (Å²) in [6.45, 7) is 0.423. The van der Waals surface area contributed by atoms with Gasteiger partial charge in [-0.05, 0) is 42.7 Å². The van der Waals surface area contributed by atoms with E-state index in [0.29, 0.717) is 29.2 Å². The number of hydrogen-bond acceptors (Lipinski definition) is 8. The summed E-state index contributed by atoms with van der Waals surface area (Å²) in [7, 11) is -2.53. The second-order valence-electron chi connectivity index (χ2n) is 7.75. The lowest BCUT2D eigenvalue weighted by Gasteiger charge is -2.27. The van der Waals surface area contributed by atoms with E-state index < -0.39 is 33.8 Å². The van der Waals surface area contributed by atoms with Crippen LogP contribution in [0.15, 0.2) is 56.6 Å². The molecule has 34 heavy (non-hydrogen) atoms. The molecule has 0 fully saturated rings. The standard InChI is InChI=1S/C22H25N3O7S2/c1-25-17-8-7-15(11-20(17)32-22(25)27)34(28,29)24-16(9-10-33-2)21(26)23-12-14-13-30-18-5-3-4-6-19(18)31-14/h3-8,11,14,16,24H,9-10,12-13H2,1-2H3,(H,23,26)/t14-,16+/m1/s1. The predicted molar refractivity (Wildman–Crippen MR) is 128 cm³/mol. The Hall–Kier alpha value is -2.96. The lowest BCUT2D eigenvalue weighted by atomic mass is 10.2. The largest absolute Gasteiger partial charge is 0.486 e. The lowest BCUT2D eigenvalue weighted by Crippen LogP contribution is -2.50. The number of oxazole rings is 1. The van der Waals surface area contributed by atoms with E-state index in [0.717, 1.165) is 0 Å². The molecule has 0 saturated carbocycles. The summed E-state index contributed by atoms with van der Waals surface area (Å²) in [6.07, 6.45) is 1.76. The van der Waals surface area contributed by atoms with Crippen molar-refractivity contribution in [1.82, 2.24) is 14.6 Å². The molecule has 182 valence electrons. The molecule has 2 aromatic carbocycles. The Labute approximate surface area is 200 Å². The molecule has 1 aromatic heterocycles. The van der Waals surface area contributed by atoms with Crippen molar-refractivity contribution in [2.45, 2.75) is 23.5 Å². The van der Waals surface area contributed by atoms with Crippen LogP contribution in [0.5, 0.6) is 11.5 Å². The van der Waals surface area contributed by atoms with Crippen molar-refractivity contribution in [3.63, 3.8) is 0 Å². The molecule has 3 aromatic rings. The minimum Gasteiger partial charge on any atom is -0.486 e. The number of sulfonamides is 1. The first-order valence-electron chi connectivity index (χ1n) is 10.6. The first-order valence-corrected chi connectivity index (χ1v) is 13.4. The number of ether oxygens (including phenoxy) is 2. The number of thioether (sulfide) groups is 1. The molecule has 0 bridgehead atoms. The maximum atomic E-state index is 13.0. The summed E-state index contributed by atoms with van der Waals surface area (Å²) in [4.78, 5) is 24.5. The topological polar surface area (TPSA) is 129 Å². The van der Waals surface area contributed by atoms with Crippen LogP contribution in [0.25, 0.3) is 11.1 Å². The number of benzene rings is 2. The van der Waals surface area contributed by atoms with E-state index in [1.807, 2.05) is 18.4 Å². The zero-order valence-electron chi connectivity index (χ0n) is 18.6. The van der Waals surface area contributed by atoms with Gasteiger partial charge in [0.15, 0.2) is 17.1 Å². The Morgan fingerprint density at radius 1 is 1.24 bits per heavy atom. The third-order valence-electron chi connectivity index (χ3n) is 5.37. The smallest absolute Gasteiger partial charge is 0.419 e. The summed E-state index contributed by atoms with van der Waals surface area (Å²) in [5.74, 6) is 0.750. The highest BCUT2D eigenvalue weighted by atomic mass is 32.2. The van der Waals surface area contributed by atoms with Crippen LogP contribution in [-0.4, -0.2) is 56.2 Å². The summed E-state index contributed by atoms with van der Waals surface area (Å²) in [6, 6.07) is 10.4. The molecule has 10 nitrogen and oxygen atoms in total. The third-order valence-corrected chi connectivity index (χ3v) is 7.48. The Morgan fingerprint density at radius 3 is 2.76 bits per heavy atom. The fraction of sp³-hybridized carbons (Fsp3) is 0.364. The van der Waals surface area contributed by atoms with Crippen LogP contribution in [-0.2, 0) is 21.9 Å². The fourth-order valence-corrected chi connectivity index (χ4v) is 5.23. The zero-order chi connectivity index (χ0) is 24.3. The van der Waals surface area contributed by atoms with E-state index in [1.165, 1.54) is 41.6 Å². The number of para-hydroxylation sites is 2. The Kier molecular flexibility index (Phi) is 7.19. The number of nitrogens with one attached hydrogen (secondary N) is 2. The third kappa shape index (κ3) is 5.24. The SMILES string of the molecule is CSCC[C@H](NS(=O)(=O)c1ccc2c(c1)oc(=O)n2C)C(=O)NC[C@@H]1COc2ccccc2O1. The van der Waals surface area contributed by atoms with Gasteiger partial charge in [0.2, 0.25) is 15.9 Å². The highest BCUT2D eigenvalue weighted by Gasteiger charge is 2.28. The number of rotatable bonds is 9. The van der Waals surface area contributed by atoms with Gasteiger partial charge in [0.25, 0.3) is 0 Å². The average Bonchev–Trinajstić information content (AvgIpc) is 3.12. The van der Waals surface area contributed by atoms with Gasteiger partial charge in [0, 0.05) is 13.1 Å². The highest BCUT2D eigenvalue weighted by molar-refractivity contribution is 7.98. The van der Waals surface area contributed by atoms with Crippen molar-refractivity contribution in [3.05, 3.63) is 53.0 Å². The van der Waals surface area contributed by atoms with E-state index in [4.69, 9.17) is 13.9 Å². The molecule has 1 amide bonds. The number of carbonyl (C=O) groups is 1. The molecule has 1 aliphatic rings. The lowest BCUT2D eigenvalue weighted by molar-refractivity contribution is -0.123. The average molecular weight is 508 g/mol. The van der Waals surface area contributed by atoms with Crippen LogP contribution >= 0.6 is 11.8 Å². The molecule has 0 saturated heterocycles. The zero-order valence-corrected chi connectivity index (χ0v) is 20.3. The van der Waals surface area contributed by atoms with Crippen LogP contribution in [0, 0.1) is 0 Å². The van der Waals surface area contributed by atoms with Gasteiger partial charge in [-0.2, -0.15) is 16.5 Å². The van der Waals surface area contributed by atoms with Crippen molar-refractivity contribution in [1.29, 1.82) is 0 Å². The molecule has 2 N–H and O–H groups in total. The van der Waals surface area contributed by atoms with Crippen LogP contribution in [0.3, 0.4) is 0 Å². The van der Waals surface area contributed by atoms with Crippen LogP contribution < -0.4 is 25.3 Å². The normalized spacial score (nSPS) is 16.4. The van der Waals surface area contributed by atoms with Gasteiger partial charge in [-0.15, -0.1) is 0 Å². The second kappa shape index (κ2) is 10.1. The van der Waals surface area contributed by atoms with E-state index in [1.54, 1.807) is 12.1 Å². The van der Waals surface area contributed by atoms with Crippen LogP contribution in [0.2, 0.25) is 0 Å². The van der Waals surface area contributed by atoms with Crippen LogP contribution in [0.4, 0.5) is 0 Å². The van der Waals surface area contributed by atoms with E-state index in [2.05, 4.69) is 10.0 Å². The molecule has 0 radical (unpaired) electrons.